The molecule has 0 saturated heterocycles. The molecule has 1 atom stereocenters. The summed E-state index contributed by atoms with van der Waals surface area (Å²) in [5, 5.41) is 18.5. The summed E-state index contributed by atoms with van der Waals surface area (Å²) in [6.07, 6.45) is 3.04. The molecule has 0 aromatic rings. The molecule has 0 saturated carbocycles. The van der Waals surface area contributed by atoms with E-state index in [1.54, 1.807) is 0 Å². The van der Waals surface area contributed by atoms with Crippen LogP contribution in [0.15, 0.2) is 0 Å². The Labute approximate surface area is 90.6 Å². The third-order valence-corrected chi connectivity index (χ3v) is 4.25. The normalized spacial score (nSPS) is 13.8. The van der Waals surface area contributed by atoms with Gasteiger partial charge in [-0.2, -0.15) is 0 Å². The molecule has 0 bridgehead atoms. The van der Waals surface area contributed by atoms with E-state index in [1.165, 1.54) is 0 Å². The van der Waals surface area contributed by atoms with Crippen molar-refractivity contribution in [2.24, 2.45) is 5.92 Å². The Morgan fingerprint density at radius 3 is 2.08 bits per heavy atom. The van der Waals surface area contributed by atoms with Gasteiger partial charge in [-0.1, -0.05) is 38.3 Å². The Bertz CT molecular complexity index is 97.1. The van der Waals surface area contributed by atoms with Gasteiger partial charge in [0, 0.05) is 29.3 Å². The van der Waals surface area contributed by atoms with Crippen molar-refractivity contribution in [2.75, 3.05) is 18.5 Å². The average Bonchev–Trinajstić information content (AvgIpc) is 2.12. The zero-order chi connectivity index (χ0) is 9.40. The summed E-state index contributed by atoms with van der Waals surface area (Å²) in [5.74, 6) is 0.0695. The van der Waals surface area contributed by atoms with Gasteiger partial charge in [0.1, 0.15) is 0 Å². The van der Waals surface area contributed by atoms with Crippen LogP contribution in [-0.4, -0.2) is 33.6 Å². The highest BCUT2D eigenvalue weighted by Crippen LogP contribution is 2.15. The van der Waals surface area contributed by atoms with Crippen molar-refractivity contribution < 1.29 is 10.2 Å². The number of aliphatic hydroxyl groups excluding tert-OH is 2. The van der Waals surface area contributed by atoms with E-state index in [2.05, 4.69) is 31.9 Å². The average molecular weight is 304 g/mol. The van der Waals surface area contributed by atoms with E-state index >= 15 is 0 Å². The SMILES string of the molecule is OCC(CO)CCCC(Br)CBr. The lowest BCUT2D eigenvalue weighted by atomic mass is 10.0. The van der Waals surface area contributed by atoms with Gasteiger partial charge in [-0.15, -0.1) is 0 Å². The van der Waals surface area contributed by atoms with Gasteiger partial charge in [-0.25, -0.2) is 0 Å². The first kappa shape index (κ1) is 12.9. The molecule has 12 heavy (non-hydrogen) atoms. The Morgan fingerprint density at radius 2 is 1.67 bits per heavy atom. The molecule has 2 nitrogen and oxygen atoms in total. The molecule has 0 aromatic carbocycles. The summed E-state index contributed by atoms with van der Waals surface area (Å²) < 4.78 is 0. The Kier molecular flexibility index (Phi) is 9.10. The maximum absolute atomic E-state index is 8.77. The molecule has 0 rings (SSSR count). The van der Waals surface area contributed by atoms with Crippen molar-refractivity contribution >= 4 is 31.9 Å². The van der Waals surface area contributed by atoms with Crippen LogP contribution >= 0.6 is 31.9 Å². The zero-order valence-electron chi connectivity index (χ0n) is 7.05. The lowest BCUT2D eigenvalue weighted by Gasteiger charge is -2.11. The van der Waals surface area contributed by atoms with Gasteiger partial charge in [0.15, 0.2) is 0 Å². The van der Waals surface area contributed by atoms with Crippen molar-refractivity contribution in [1.29, 1.82) is 0 Å². The van der Waals surface area contributed by atoms with E-state index in [0.717, 1.165) is 24.6 Å². The van der Waals surface area contributed by atoms with Crippen LogP contribution < -0.4 is 0 Å². The molecule has 74 valence electrons. The Morgan fingerprint density at radius 1 is 1.08 bits per heavy atom. The first-order chi connectivity index (χ1) is 5.74. The molecular formula is C8H16Br2O2. The van der Waals surface area contributed by atoms with Crippen LogP contribution in [0.25, 0.3) is 0 Å². The van der Waals surface area contributed by atoms with Crippen LogP contribution in [-0.2, 0) is 0 Å². The lowest BCUT2D eigenvalue weighted by Crippen LogP contribution is -2.11. The van der Waals surface area contributed by atoms with Gasteiger partial charge in [-0.05, 0) is 12.8 Å². The van der Waals surface area contributed by atoms with E-state index < -0.39 is 0 Å². The van der Waals surface area contributed by atoms with Crippen LogP contribution in [0.5, 0.6) is 0 Å². The van der Waals surface area contributed by atoms with Crippen molar-refractivity contribution in [1.82, 2.24) is 0 Å². The van der Waals surface area contributed by atoms with Gasteiger partial charge in [0.05, 0.1) is 0 Å². The summed E-state index contributed by atoms with van der Waals surface area (Å²) in [6, 6.07) is 0. The highest BCUT2D eigenvalue weighted by Gasteiger charge is 2.07. The predicted octanol–water partition coefficient (Wildman–Crippen LogP) is 1.92. The zero-order valence-corrected chi connectivity index (χ0v) is 10.2. The number of hydrogen-bond donors (Lipinski definition) is 2. The summed E-state index contributed by atoms with van der Waals surface area (Å²) in [5.41, 5.74) is 0. The maximum atomic E-state index is 8.77. The second-order valence-corrected chi connectivity index (χ2v) is 4.86. The first-order valence-electron chi connectivity index (χ1n) is 4.16. The van der Waals surface area contributed by atoms with E-state index in [4.69, 9.17) is 10.2 Å². The third kappa shape index (κ3) is 6.40. The maximum Gasteiger partial charge on any atom is 0.0481 e. The number of hydrogen-bond acceptors (Lipinski definition) is 2. The van der Waals surface area contributed by atoms with Crippen LogP contribution in [0.1, 0.15) is 19.3 Å². The van der Waals surface area contributed by atoms with Crippen LogP contribution in [0.2, 0.25) is 0 Å². The number of aliphatic hydroxyl groups is 2. The second kappa shape index (κ2) is 8.48. The second-order valence-electron chi connectivity index (χ2n) is 2.91. The Balaban J connectivity index is 3.28. The van der Waals surface area contributed by atoms with Crippen LogP contribution in [0.4, 0.5) is 0 Å². The fourth-order valence-corrected chi connectivity index (χ4v) is 1.59. The van der Waals surface area contributed by atoms with Crippen LogP contribution in [0, 0.1) is 5.92 Å². The monoisotopic (exact) mass is 302 g/mol. The minimum Gasteiger partial charge on any atom is -0.396 e. The largest absolute Gasteiger partial charge is 0.396 e. The molecular weight excluding hydrogens is 288 g/mol. The topological polar surface area (TPSA) is 40.5 Å². The Hall–Kier alpha value is 0.880. The van der Waals surface area contributed by atoms with Gasteiger partial charge >= 0.3 is 0 Å². The highest BCUT2D eigenvalue weighted by atomic mass is 79.9. The smallest absolute Gasteiger partial charge is 0.0481 e. The number of alkyl halides is 2. The van der Waals surface area contributed by atoms with Crippen molar-refractivity contribution in [2.45, 2.75) is 24.1 Å². The molecule has 0 fully saturated rings. The van der Waals surface area contributed by atoms with E-state index in [0.29, 0.717) is 4.83 Å². The quantitative estimate of drug-likeness (QED) is 0.706. The molecule has 0 aliphatic rings. The predicted molar refractivity (Wildman–Crippen MR) is 58.0 cm³/mol. The molecule has 4 heteroatoms. The summed E-state index contributed by atoms with van der Waals surface area (Å²) in [6.45, 7) is 0.190. The minimum atomic E-state index is 0.0695. The molecule has 0 aliphatic heterocycles. The van der Waals surface area contributed by atoms with Gasteiger partial charge in [0.25, 0.3) is 0 Å². The number of halogens is 2. The lowest BCUT2D eigenvalue weighted by molar-refractivity contribution is 0.142. The summed E-state index contributed by atoms with van der Waals surface area (Å²) in [7, 11) is 0. The van der Waals surface area contributed by atoms with E-state index in [-0.39, 0.29) is 19.1 Å². The number of rotatable bonds is 7. The van der Waals surface area contributed by atoms with E-state index in [1.807, 2.05) is 0 Å². The molecule has 0 radical (unpaired) electrons. The summed E-state index contributed by atoms with van der Waals surface area (Å²) >= 11 is 6.87. The first-order valence-corrected chi connectivity index (χ1v) is 6.20. The standard InChI is InChI=1S/C8H16Br2O2/c9-4-8(10)3-1-2-7(5-11)6-12/h7-8,11-12H,1-6H2. The summed E-state index contributed by atoms with van der Waals surface area (Å²) in [4.78, 5) is 0.510. The fourth-order valence-electron chi connectivity index (χ4n) is 0.945. The highest BCUT2D eigenvalue weighted by molar-refractivity contribution is 9.12. The fraction of sp³-hybridized carbons (Fsp3) is 1.00. The third-order valence-electron chi connectivity index (χ3n) is 1.81. The molecule has 0 aromatic heterocycles. The molecule has 0 aliphatic carbocycles. The van der Waals surface area contributed by atoms with Gasteiger partial charge < -0.3 is 10.2 Å². The molecule has 0 heterocycles. The van der Waals surface area contributed by atoms with E-state index in [9.17, 15) is 0 Å². The molecule has 0 spiro atoms. The molecule has 2 N–H and O–H groups in total. The minimum absolute atomic E-state index is 0.0695. The van der Waals surface area contributed by atoms with Crippen molar-refractivity contribution in [3.63, 3.8) is 0 Å². The van der Waals surface area contributed by atoms with Gasteiger partial charge in [-0.3, -0.25) is 0 Å². The van der Waals surface area contributed by atoms with Gasteiger partial charge in [0.2, 0.25) is 0 Å². The van der Waals surface area contributed by atoms with Crippen LogP contribution in [0.3, 0.4) is 0 Å². The molecule has 1 unspecified atom stereocenters. The molecule has 0 amide bonds. The van der Waals surface area contributed by atoms with Crippen molar-refractivity contribution in [3.8, 4) is 0 Å². The van der Waals surface area contributed by atoms with Crippen molar-refractivity contribution in [3.05, 3.63) is 0 Å².